The van der Waals surface area contributed by atoms with E-state index in [1.807, 2.05) is 18.2 Å². The molecule has 2 nitrogen and oxygen atoms in total. The van der Waals surface area contributed by atoms with Crippen molar-refractivity contribution >= 4 is 12.0 Å². The van der Waals surface area contributed by atoms with Gasteiger partial charge in [-0.15, -0.1) is 6.58 Å². The van der Waals surface area contributed by atoms with E-state index in [1.165, 1.54) is 62.0 Å². The highest BCUT2D eigenvalue weighted by molar-refractivity contribution is 5.87. The van der Waals surface area contributed by atoms with Crippen LogP contribution in [0.3, 0.4) is 0 Å². The first-order chi connectivity index (χ1) is 13.7. The molecule has 0 aromatic heterocycles. The average Bonchev–Trinajstić information content (AvgIpc) is 2.77. The molecule has 1 aliphatic carbocycles. The Hall–Kier alpha value is -2.61. The minimum absolute atomic E-state index is 0.339. The second-order valence-corrected chi connectivity index (χ2v) is 7.68. The lowest BCUT2D eigenvalue weighted by molar-refractivity contribution is -0.134. The lowest BCUT2D eigenvalue weighted by Gasteiger charge is -2.28. The lowest BCUT2D eigenvalue weighted by Crippen LogP contribution is -2.13. The summed E-state index contributed by atoms with van der Waals surface area (Å²) < 4.78 is 4.62. The third-order valence-electron chi connectivity index (χ3n) is 5.86. The highest BCUT2D eigenvalue weighted by Crippen LogP contribution is 2.38. The second-order valence-electron chi connectivity index (χ2n) is 7.68. The predicted molar refractivity (Wildman–Crippen MR) is 117 cm³/mol. The Bertz CT molecular complexity index is 791. The monoisotopic (exact) mass is 374 g/mol. The molecule has 1 aliphatic rings. The van der Waals surface area contributed by atoms with Crippen molar-refractivity contribution in [1.29, 1.82) is 0 Å². The van der Waals surface area contributed by atoms with Crippen LogP contribution in [0.2, 0.25) is 0 Å². The Kier molecular flexibility index (Phi) is 7.25. The van der Waals surface area contributed by atoms with Crippen molar-refractivity contribution in [3.63, 3.8) is 0 Å². The van der Waals surface area contributed by atoms with Gasteiger partial charge in [-0.2, -0.15) is 0 Å². The molecule has 2 aromatic carbocycles. The van der Waals surface area contributed by atoms with Crippen LogP contribution in [0.15, 0.2) is 67.3 Å². The van der Waals surface area contributed by atoms with Gasteiger partial charge in [-0.05, 0) is 78.7 Å². The van der Waals surface area contributed by atoms with E-state index in [0.29, 0.717) is 5.92 Å². The molecular weight excluding hydrogens is 344 g/mol. The van der Waals surface area contributed by atoms with Gasteiger partial charge in [-0.3, -0.25) is 0 Å². The van der Waals surface area contributed by atoms with Crippen molar-refractivity contribution in [2.75, 3.05) is 7.11 Å². The molecule has 0 aliphatic heterocycles. The number of carbonyl (C=O) groups excluding carboxylic acids is 1. The van der Waals surface area contributed by atoms with Crippen LogP contribution < -0.4 is 0 Å². The zero-order chi connectivity index (χ0) is 19.8. The predicted octanol–water partition coefficient (Wildman–Crippen LogP) is 6.78. The van der Waals surface area contributed by atoms with Crippen LogP contribution in [-0.2, 0) is 9.53 Å². The normalized spacial score (nSPS) is 19.5. The van der Waals surface area contributed by atoms with Crippen molar-refractivity contribution in [2.45, 2.75) is 44.4 Å². The van der Waals surface area contributed by atoms with Crippen molar-refractivity contribution in [1.82, 2.24) is 0 Å². The van der Waals surface area contributed by atoms with Crippen molar-refractivity contribution < 1.29 is 9.53 Å². The van der Waals surface area contributed by atoms with Gasteiger partial charge in [-0.1, -0.05) is 54.6 Å². The summed E-state index contributed by atoms with van der Waals surface area (Å²) >= 11 is 0. The maximum Gasteiger partial charge on any atom is 0.330 e. The van der Waals surface area contributed by atoms with Gasteiger partial charge in [0.25, 0.3) is 0 Å². The number of carbonyl (C=O) groups is 1. The number of esters is 1. The van der Waals surface area contributed by atoms with Crippen LogP contribution in [0.4, 0.5) is 0 Å². The number of benzene rings is 2. The smallest absolute Gasteiger partial charge is 0.330 e. The number of ether oxygens (including phenoxy) is 1. The van der Waals surface area contributed by atoms with Crippen LogP contribution >= 0.6 is 0 Å². The lowest BCUT2D eigenvalue weighted by atomic mass is 9.77. The molecule has 0 amide bonds. The molecule has 0 bridgehead atoms. The van der Waals surface area contributed by atoms with Crippen molar-refractivity contribution in [2.24, 2.45) is 5.92 Å². The summed E-state index contributed by atoms with van der Waals surface area (Å²) in [5.41, 5.74) is 4.88. The standard InChI is InChI=1S/C26H30O2/c1-3-4-5-20-6-11-22(12-7-20)24-15-17-25(18-16-24)23-13-8-21(9-14-23)10-19-26(27)28-2/h3,8-10,13-20,22H,1,4-7,11-12H2,2H3/b19-10+/t20-,22-. The van der Waals surface area contributed by atoms with E-state index in [1.54, 1.807) is 6.08 Å². The first-order valence-corrected chi connectivity index (χ1v) is 10.3. The van der Waals surface area contributed by atoms with Crippen LogP contribution in [0.5, 0.6) is 0 Å². The van der Waals surface area contributed by atoms with E-state index in [-0.39, 0.29) is 5.97 Å². The van der Waals surface area contributed by atoms with Crippen LogP contribution in [-0.4, -0.2) is 13.1 Å². The van der Waals surface area contributed by atoms with E-state index in [0.717, 1.165) is 17.9 Å². The Morgan fingerprint density at radius 1 is 1.00 bits per heavy atom. The topological polar surface area (TPSA) is 26.3 Å². The molecular formula is C26H30O2. The fourth-order valence-corrected chi connectivity index (χ4v) is 4.10. The van der Waals surface area contributed by atoms with Crippen molar-refractivity contribution in [3.05, 3.63) is 78.4 Å². The third-order valence-corrected chi connectivity index (χ3v) is 5.86. The summed E-state index contributed by atoms with van der Waals surface area (Å²) in [7, 11) is 1.38. The average molecular weight is 375 g/mol. The van der Waals surface area contributed by atoms with E-state index in [2.05, 4.69) is 47.7 Å². The maximum absolute atomic E-state index is 11.2. The van der Waals surface area contributed by atoms with Gasteiger partial charge in [0, 0.05) is 6.08 Å². The number of hydrogen-bond acceptors (Lipinski definition) is 2. The molecule has 1 fully saturated rings. The summed E-state index contributed by atoms with van der Waals surface area (Å²) in [6, 6.07) is 17.3. The molecule has 2 heteroatoms. The second kappa shape index (κ2) is 10.1. The molecule has 0 radical (unpaired) electrons. The highest BCUT2D eigenvalue weighted by atomic mass is 16.5. The molecule has 0 unspecified atom stereocenters. The molecule has 3 rings (SSSR count). The summed E-state index contributed by atoms with van der Waals surface area (Å²) in [6.07, 6.45) is 13.0. The molecule has 146 valence electrons. The minimum atomic E-state index is -0.339. The molecule has 0 spiro atoms. The van der Waals surface area contributed by atoms with Gasteiger partial charge in [0.1, 0.15) is 0 Å². The van der Waals surface area contributed by atoms with Crippen LogP contribution in [0.25, 0.3) is 17.2 Å². The van der Waals surface area contributed by atoms with E-state index in [9.17, 15) is 4.79 Å². The van der Waals surface area contributed by atoms with E-state index >= 15 is 0 Å². The van der Waals surface area contributed by atoms with E-state index in [4.69, 9.17) is 0 Å². The molecule has 0 N–H and O–H groups in total. The highest BCUT2D eigenvalue weighted by Gasteiger charge is 2.21. The van der Waals surface area contributed by atoms with Crippen molar-refractivity contribution in [3.8, 4) is 11.1 Å². The number of methoxy groups -OCH3 is 1. The Morgan fingerprint density at radius 3 is 2.18 bits per heavy atom. The SMILES string of the molecule is C=CCC[C@H]1CC[C@H](c2ccc(-c3ccc(/C=C/C(=O)OC)cc3)cc2)CC1. The fraction of sp³-hybridized carbons (Fsp3) is 0.346. The zero-order valence-electron chi connectivity index (χ0n) is 16.8. The van der Waals surface area contributed by atoms with E-state index < -0.39 is 0 Å². The molecule has 0 atom stereocenters. The summed E-state index contributed by atoms with van der Waals surface area (Å²) in [6.45, 7) is 3.84. The Balaban J connectivity index is 1.59. The Morgan fingerprint density at radius 2 is 1.61 bits per heavy atom. The molecule has 28 heavy (non-hydrogen) atoms. The first-order valence-electron chi connectivity index (χ1n) is 10.3. The first kappa shape index (κ1) is 20.1. The molecule has 1 saturated carbocycles. The van der Waals surface area contributed by atoms with Gasteiger partial charge in [0.15, 0.2) is 0 Å². The number of hydrogen-bond donors (Lipinski definition) is 0. The zero-order valence-corrected chi connectivity index (χ0v) is 16.8. The largest absolute Gasteiger partial charge is 0.466 e. The Labute approximate surface area is 168 Å². The quantitative estimate of drug-likeness (QED) is 0.303. The van der Waals surface area contributed by atoms with Gasteiger partial charge >= 0.3 is 5.97 Å². The fourth-order valence-electron chi connectivity index (χ4n) is 4.10. The van der Waals surface area contributed by atoms with Gasteiger partial charge in [-0.25, -0.2) is 4.79 Å². The molecule has 0 saturated heterocycles. The van der Waals surface area contributed by atoms with Crippen LogP contribution in [0, 0.1) is 5.92 Å². The van der Waals surface area contributed by atoms with Crippen LogP contribution in [0.1, 0.15) is 55.6 Å². The third kappa shape index (κ3) is 5.45. The minimum Gasteiger partial charge on any atom is -0.466 e. The van der Waals surface area contributed by atoms with Gasteiger partial charge in [0.2, 0.25) is 0 Å². The van der Waals surface area contributed by atoms with Gasteiger partial charge < -0.3 is 4.74 Å². The molecule has 2 aromatic rings. The summed E-state index contributed by atoms with van der Waals surface area (Å²) in [5.74, 6) is 1.26. The molecule has 0 heterocycles. The van der Waals surface area contributed by atoms with Gasteiger partial charge in [0.05, 0.1) is 7.11 Å². The summed E-state index contributed by atoms with van der Waals surface area (Å²) in [5, 5.41) is 0. The number of rotatable bonds is 7. The number of allylic oxidation sites excluding steroid dienone is 1. The maximum atomic E-state index is 11.2. The summed E-state index contributed by atoms with van der Waals surface area (Å²) in [4.78, 5) is 11.2.